The molecule has 1 aliphatic heterocycles. The number of aryl methyl sites for hydroxylation is 1. The van der Waals surface area contributed by atoms with Gasteiger partial charge in [-0.2, -0.15) is 0 Å². The third-order valence-corrected chi connectivity index (χ3v) is 5.53. The number of benzene rings is 2. The first kappa shape index (κ1) is 17.4. The SMILES string of the molecule is CCc1ccc(N(C(=O)c2cccc(F)c2)[C@@H]2C=CS(=O)(=O)C2)cc1. The molecule has 1 atom stereocenters. The van der Waals surface area contributed by atoms with Gasteiger partial charge in [0.2, 0.25) is 0 Å². The van der Waals surface area contributed by atoms with Crippen molar-refractivity contribution in [1.29, 1.82) is 0 Å². The molecule has 0 radical (unpaired) electrons. The maximum absolute atomic E-state index is 13.5. The molecule has 4 nitrogen and oxygen atoms in total. The summed E-state index contributed by atoms with van der Waals surface area (Å²) in [5.41, 5.74) is 1.87. The van der Waals surface area contributed by atoms with Crippen molar-refractivity contribution in [3.63, 3.8) is 0 Å². The Labute approximate surface area is 146 Å². The third kappa shape index (κ3) is 3.79. The number of amides is 1. The van der Waals surface area contributed by atoms with E-state index in [1.54, 1.807) is 12.1 Å². The van der Waals surface area contributed by atoms with Crippen molar-refractivity contribution in [2.75, 3.05) is 10.7 Å². The second kappa shape index (κ2) is 6.80. The summed E-state index contributed by atoms with van der Waals surface area (Å²) < 4.78 is 37.1. The fraction of sp³-hybridized carbons (Fsp3) is 0.211. The Morgan fingerprint density at radius 1 is 1.20 bits per heavy atom. The molecule has 25 heavy (non-hydrogen) atoms. The summed E-state index contributed by atoms with van der Waals surface area (Å²) in [5.74, 6) is -1.12. The van der Waals surface area contributed by atoms with Crippen molar-refractivity contribution in [1.82, 2.24) is 0 Å². The molecule has 2 aromatic rings. The number of hydrogen-bond acceptors (Lipinski definition) is 3. The zero-order chi connectivity index (χ0) is 18.0. The van der Waals surface area contributed by atoms with Crippen molar-refractivity contribution in [2.45, 2.75) is 19.4 Å². The van der Waals surface area contributed by atoms with Crippen molar-refractivity contribution >= 4 is 21.4 Å². The molecular weight excluding hydrogens is 341 g/mol. The maximum atomic E-state index is 13.5. The summed E-state index contributed by atoms with van der Waals surface area (Å²) in [6, 6.07) is 12.1. The van der Waals surface area contributed by atoms with Gasteiger partial charge in [-0.05, 0) is 48.4 Å². The van der Waals surface area contributed by atoms with Crippen LogP contribution in [0.25, 0.3) is 0 Å². The Kier molecular flexibility index (Phi) is 4.72. The Bertz CT molecular complexity index is 920. The molecule has 0 unspecified atom stereocenters. The predicted molar refractivity (Wildman–Crippen MR) is 95.7 cm³/mol. The zero-order valence-electron chi connectivity index (χ0n) is 13.7. The van der Waals surface area contributed by atoms with Crippen LogP contribution in [0.15, 0.2) is 60.0 Å². The van der Waals surface area contributed by atoms with E-state index in [1.165, 1.54) is 29.2 Å². The second-order valence-electron chi connectivity index (χ2n) is 5.93. The molecule has 6 heteroatoms. The van der Waals surface area contributed by atoms with Gasteiger partial charge in [0, 0.05) is 16.7 Å². The zero-order valence-corrected chi connectivity index (χ0v) is 14.5. The molecule has 0 saturated carbocycles. The summed E-state index contributed by atoms with van der Waals surface area (Å²) in [7, 11) is -3.33. The first-order chi connectivity index (χ1) is 11.9. The Hall–Kier alpha value is -2.47. The number of nitrogens with zero attached hydrogens (tertiary/aromatic N) is 1. The highest BCUT2D eigenvalue weighted by atomic mass is 32.2. The monoisotopic (exact) mass is 359 g/mol. The molecule has 0 bridgehead atoms. The molecule has 0 N–H and O–H groups in total. The van der Waals surface area contributed by atoms with E-state index in [2.05, 4.69) is 0 Å². The van der Waals surface area contributed by atoms with Gasteiger partial charge < -0.3 is 4.90 Å². The fourth-order valence-corrected chi connectivity index (χ4v) is 4.10. The number of rotatable bonds is 4. The van der Waals surface area contributed by atoms with Gasteiger partial charge in [-0.3, -0.25) is 4.79 Å². The first-order valence-electron chi connectivity index (χ1n) is 7.98. The van der Waals surface area contributed by atoms with Crippen molar-refractivity contribution < 1.29 is 17.6 Å². The van der Waals surface area contributed by atoms with Crippen molar-refractivity contribution in [2.24, 2.45) is 0 Å². The second-order valence-corrected chi connectivity index (χ2v) is 7.86. The molecule has 0 fully saturated rings. The largest absolute Gasteiger partial charge is 0.300 e. The molecule has 2 aromatic carbocycles. The summed E-state index contributed by atoms with van der Waals surface area (Å²) in [4.78, 5) is 14.4. The van der Waals surface area contributed by atoms with Gasteiger partial charge in [0.25, 0.3) is 5.91 Å². The first-order valence-corrected chi connectivity index (χ1v) is 9.70. The number of hydrogen-bond donors (Lipinski definition) is 0. The standard InChI is InChI=1S/C19H18FNO3S/c1-2-14-6-8-17(9-7-14)21(18-10-11-25(23,24)13-18)19(22)15-4-3-5-16(20)12-15/h3-12,18H,2,13H2,1H3/t18-/m1/s1. The number of sulfone groups is 1. The lowest BCUT2D eigenvalue weighted by Crippen LogP contribution is -2.41. The molecule has 130 valence electrons. The maximum Gasteiger partial charge on any atom is 0.258 e. The molecule has 0 saturated heterocycles. The summed E-state index contributed by atoms with van der Waals surface area (Å²) in [5, 5.41) is 1.13. The van der Waals surface area contributed by atoms with E-state index in [-0.39, 0.29) is 11.3 Å². The summed E-state index contributed by atoms with van der Waals surface area (Å²) in [6.45, 7) is 2.02. The lowest BCUT2D eigenvalue weighted by Gasteiger charge is -2.28. The van der Waals surface area contributed by atoms with Crippen LogP contribution in [-0.4, -0.2) is 26.1 Å². The van der Waals surface area contributed by atoms with Crippen LogP contribution in [0.5, 0.6) is 0 Å². The minimum absolute atomic E-state index is 0.177. The van der Waals surface area contributed by atoms with Gasteiger partial charge in [0.15, 0.2) is 9.84 Å². The molecular formula is C19H18FNO3S. The molecule has 0 spiro atoms. The third-order valence-electron chi connectivity index (χ3n) is 4.16. The molecule has 0 aliphatic carbocycles. The normalized spacial score (nSPS) is 18.2. The van der Waals surface area contributed by atoms with Crippen LogP contribution >= 0.6 is 0 Å². The molecule has 3 rings (SSSR count). The van der Waals surface area contributed by atoms with E-state index < -0.39 is 27.6 Å². The van der Waals surface area contributed by atoms with Crippen LogP contribution in [-0.2, 0) is 16.3 Å². The highest BCUT2D eigenvalue weighted by Gasteiger charge is 2.32. The topological polar surface area (TPSA) is 54.5 Å². The van der Waals surface area contributed by atoms with Crippen LogP contribution in [0.3, 0.4) is 0 Å². The van der Waals surface area contributed by atoms with Crippen molar-refractivity contribution in [3.05, 3.63) is 77.0 Å². The van der Waals surface area contributed by atoms with Gasteiger partial charge in [-0.25, -0.2) is 12.8 Å². The van der Waals surface area contributed by atoms with E-state index in [1.807, 2.05) is 19.1 Å². The van der Waals surface area contributed by atoms with E-state index >= 15 is 0 Å². The van der Waals surface area contributed by atoms with Gasteiger partial charge in [0.1, 0.15) is 5.82 Å². The minimum atomic E-state index is -3.33. The van der Waals surface area contributed by atoms with Gasteiger partial charge >= 0.3 is 0 Å². The Balaban J connectivity index is 2.02. The minimum Gasteiger partial charge on any atom is -0.300 e. The van der Waals surface area contributed by atoms with E-state index in [0.717, 1.165) is 23.5 Å². The van der Waals surface area contributed by atoms with Crippen LogP contribution in [0, 0.1) is 5.82 Å². The van der Waals surface area contributed by atoms with E-state index in [0.29, 0.717) is 5.69 Å². The number of halogens is 1. The summed E-state index contributed by atoms with van der Waals surface area (Å²) in [6.07, 6.45) is 2.36. The van der Waals surface area contributed by atoms with Crippen LogP contribution in [0.2, 0.25) is 0 Å². The fourth-order valence-electron chi connectivity index (χ4n) is 2.83. The lowest BCUT2D eigenvalue weighted by atomic mass is 10.1. The highest BCUT2D eigenvalue weighted by Crippen LogP contribution is 2.25. The highest BCUT2D eigenvalue weighted by molar-refractivity contribution is 7.94. The molecule has 1 amide bonds. The van der Waals surface area contributed by atoms with Gasteiger partial charge in [-0.15, -0.1) is 0 Å². The smallest absolute Gasteiger partial charge is 0.258 e. The quantitative estimate of drug-likeness (QED) is 0.841. The Morgan fingerprint density at radius 3 is 2.48 bits per heavy atom. The molecule has 0 aromatic heterocycles. The number of carbonyl (C=O) groups excluding carboxylic acids is 1. The van der Waals surface area contributed by atoms with E-state index in [4.69, 9.17) is 0 Å². The Morgan fingerprint density at radius 2 is 1.92 bits per heavy atom. The molecule has 1 heterocycles. The average molecular weight is 359 g/mol. The van der Waals surface area contributed by atoms with Crippen LogP contribution in [0.1, 0.15) is 22.8 Å². The predicted octanol–water partition coefficient (Wildman–Crippen LogP) is 3.35. The van der Waals surface area contributed by atoms with E-state index in [9.17, 15) is 17.6 Å². The lowest BCUT2D eigenvalue weighted by molar-refractivity contribution is 0.0982. The van der Waals surface area contributed by atoms with Crippen molar-refractivity contribution in [3.8, 4) is 0 Å². The van der Waals surface area contributed by atoms with Gasteiger partial charge in [0.05, 0.1) is 11.8 Å². The van der Waals surface area contributed by atoms with Gasteiger partial charge in [-0.1, -0.05) is 25.1 Å². The molecule has 1 aliphatic rings. The number of anilines is 1. The van der Waals surface area contributed by atoms with Crippen LogP contribution < -0.4 is 4.90 Å². The summed E-state index contributed by atoms with van der Waals surface area (Å²) >= 11 is 0. The average Bonchev–Trinajstić information content (AvgIpc) is 2.95. The van der Waals surface area contributed by atoms with Crippen LogP contribution in [0.4, 0.5) is 10.1 Å². The number of carbonyl (C=O) groups is 1.